The minimum absolute atomic E-state index is 0.0874. The van der Waals surface area contributed by atoms with Crippen LogP contribution in [0.2, 0.25) is 0 Å². The first-order valence-corrected chi connectivity index (χ1v) is 7.87. The normalized spacial score (nSPS) is 16.7. The summed E-state index contributed by atoms with van der Waals surface area (Å²) in [5.41, 5.74) is 1.12. The average Bonchev–Trinajstić information content (AvgIpc) is 2.56. The van der Waals surface area contributed by atoms with E-state index in [1.807, 2.05) is 12.1 Å². The monoisotopic (exact) mass is 322 g/mol. The van der Waals surface area contributed by atoms with E-state index in [4.69, 9.17) is 0 Å². The Morgan fingerprint density at radius 3 is 2.48 bits per heavy atom. The molecular weight excluding hydrogens is 299 g/mol. The first-order chi connectivity index (χ1) is 11.0. The molecule has 2 rings (SSSR count). The van der Waals surface area contributed by atoms with Gasteiger partial charge in [-0.25, -0.2) is 9.18 Å². The molecule has 1 saturated heterocycles. The number of alkyl carbamates (subject to hydrolysis) is 1. The number of rotatable bonds is 4. The Kier molecular flexibility index (Phi) is 5.96. The Morgan fingerprint density at radius 2 is 1.91 bits per heavy atom. The van der Waals surface area contributed by atoms with Gasteiger partial charge in [0.25, 0.3) is 0 Å². The fourth-order valence-electron chi connectivity index (χ4n) is 2.88. The lowest BCUT2D eigenvalue weighted by molar-refractivity contribution is -0.134. The van der Waals surface area contributed by atoms with Crippen LogP contribution in [0.5, 0.6) is 0 Å². The second kappa shape index (κ2) is 7.94. The Hall–Kier alpha value is -2.11. The first kappa shape index (κ1) is 17.2. The van der Waals surface area contributed by atoms with Crippen molar-refractivity contribution in [1.29, 1.82) is 0 Å². The highest BCUT2D eigenvalue weighted by Gasteiger charge is 2.27. The molecule has 5 nitrogen and oxygen atoms in total. The number of methoxy groups -OCH3 is 1. The van der Waals surface area contributed by atoms with Crippen molar-refractivity contribution in [3.05, 3.63) is 35.6 Å². The zero-order valence-corrected chi connectivity index (χ0v) is 13.5. The van der Waals surface area contributed by atoms with Crippen LogP contribution in [0.3, 0.4) is 0 Å². The molecule has 1 aromatic rings. The lowest BCUT2D eigenvalue weighted by Crippen LogP contribution is -2.49. The van der Waals surface area contributed by atoms with E-state index in [0.29, 0.717) is 19.0 Å². The molecule has 0 aliphatic carbocycles. The predicted octanol–water partition coefficient (Wildman–Crippen LogP) is 2.35. The molecule has 1 fully saturated rings. The Labute approximate surface area is 135 Å². The number of hydrogen-bond acceptors (Lipinski definition) is 3. The topological polar surface area (TPSA) is 58.6 Å². The molecule has 1 N–H and O–H groups in total. The number of benzene rings is 1. The van der Waals surface area contributed by atoms with E-state index in [2.05, 4.69) is 10.1 Å². The highest BCUT2D eigenvalue weighted by Crippen LogP contribution is 2.22. The molecular formula is C17H23FN2O3. The van der Waals surface area contributed by atoms with Gasteiger partial charge in [-0.15, -0.1) is 0 Å². The number of nitrogens with zero attached hydrogens (tertiary/aromatic N) is 1. The molecule has 0 radical (unpaired) electrons. The second-order valence-corrected chi connectivity index (χ2v) is 5.96. The van der Waals surface area contributed by atoms with Crippen molar-refractivity contribution in [2.45, 2.75) is 32.2 Å². The summed E-state index contributed by atoms with van der Waals surface area (Å²) in [5, 5.41) is 2.50. The van der Waals surface area contributed by atoms with Crippen LogP contribution in [-0.4, -0.2) is 43.1 Å². The second-order valence-electron chi connectivity index (χ2n) is 5.96. The Balaban J connectivity index is 1.80. The van der Waals surface area contributed by atoms with Crippen LogP contribution in [-0.2, 0) is 16.0 Å². The minimum atomic E-state index is -0.600. The largest absolute Gasteiger partial charge is 0.453 e. The molecule has 1 aliphatic rings. The summed E-state index contributed by atoms with van der Waals surface area (Å²) in [7, 11) is 1.27. The number of halogens is 1. The van der Waals surface area contributed by atoms with Crippen LogP contribution in [0.4, 0.5) is 9.18 Å². The molecule has 6 heteroatoms. The van der Waals surface area contributed by atoms with Crippen molar-refractivity contribution < 1.29 is 18.7 Å². The van der Waals surface area contributed by atoms with Gasteiger partial charge in [0.2, 0.25) is 5.91 Å². The van der Waals surface area contributed by atoms with Gasteiger partial charge >= 0.3 is 6.09 Å². The van der Waals surface area contributed by atoms with Crippen molar-refractivity contribution >= 4 is 12.0 Å². The number of carbonyl (C=O) groups excluding carboxylic acids is 2. The van der Waals surface area contributed by atoms with Crippen molar-refractivity contribution in [3.8, 4) is 0 Å². The average molecular weight is 322 g/mol. The van der Waals surface area contributed by atoms with Gasteiger partial charge in [0.05, 0.1) is 7.11 Å². The molecule has 0 spiro atoms. The molecule has 1 atom stereocenters. The molecule has 1 aliphatic heterocycles. The van der Waals surface area contributed by atoms with Crippen LogP contribution in [0.25, 0.3) is 0 Å². The van der Waals surface area contributed by atoms with Gasteiger partial charge in [0.1, 0.15) is 11.9 Å². The maximum atomic E-state index is 12.9. The number of nitrogens with one attached hydrogen (secondary N) is 1. The van der Waals surface area contributed by atoms with Crippen LogP contribution >= 0.6 is 0 Å². The lowest BCUT2D eigenvalue weighted by atomic mass is 9.90. The van der Waals surface area contributed by atoms with Crippen molar-refractivity contribution in [1.82, 2.24) is 10.2 Å². The molecule has 0 saturated carbocycles. The fourth-order valence-corrected chi connectivity index (χ4v) is 2.88. The molecule has 0 unspecified atom stereocenters. The van der Waals surface area contributed by atoms with E-state index in [9.17, 15) is 14.0 Å². The number of carbonyl (C=O) groups is 2. The summed E-state index contributed by atoms with van der Waals surface area (Å²) in [6, 6.07) is 6.00. The van der Waals surface area contributed by atoms with E-state index < -0.39 is 12.1 Å². The third-order valence-electron chi connectivity index (χ3n) is 4.25. The summed E-state index contributed by atoms with van der Waals surface area (Å²) in [6.45, 7) is 3.01. The minimum Gasteiger partial charge on any atom is -0.453 e. The predicted molar refractivity (Wildman–Crippen MR) is 84.4 cm³/mol. The van der Waals surface area contributed by atoms with Crippen molar-refractivity contribution in [2.75, 3.05) is 20.2 Å². The number of amides is 2. The lowest BCUT2D eigenvalue weighted by Gasteiger charge is -2.33. The molecule has 0 bridgehead atoms. The van der Waals surface area contributed by atoms with E-state index in [-0.39, 0.29) is 11.7 Å². The van der Waals surface area contributed by atoms with Crippen LogP contribution in [0.1, 0.15) is 25.3 Å². The van der Waals surface area contributed by atoms with Gasteiger partial charge in [-0.2, -0.15) is 0 Å². The molecule has 0 aromatic heterocycles. The summed E-state index contributed by atoms with van der Waals surface area (Å²) in [4.78, 5) is 25.2. The maximum absolute atomic E-state index is 12.9. The smallest absolute Gasteiger partial charge is 0.407 e. The van der Waals surface area contributed by atoms with Gasteiger partial charge in [0.15, 0.2) is 0 Å². The van der Waals surface area contributed by atoms with Gasteiger partial charge in [-0.05, 0) is 49.8 Å². The van der Waals surface area contributed by atoms with E-state index in [1.165, 1.54) is 19.2 Å². The summed E-state index contributed by atoms with van der Waals surface area (Å²) >= 11 is 0. The first-order valence-electron chi connectivity index (χ1n) is 7.87. The highest BCUT2D eigenvalue weighted by atomic mass is 19.1. The fraction of sp³-hybridized carbons (Fsp3) is 0.529. The number of hydrogen-bond donors (Lipinski definition) is 1. The summed E-state index contributed by atoms with van der Waals surface area (Å²) in [5.74, 6) is 0.185. The standard InChI is InChI=1S/C17H23FN2O3/c1-12(19-17(22)23-2)16(21)20-9-7-14(8-10-20)11-13-3-5-15(18)6-4-13/h3-6,12,14H,7-11H2,1-2H3,(H,19,22)/t12-/m0/s1. The third kappa shape index (κ3) is 4.94. The third-order valence-corrected chi connectivity index (χ3v) is 4.25. The molecule has 1 aromatic carbocycles. The van der Waals surface area contributed by atoms with E-state index in [1.54, 1.807) is 11.8 Å². The maximum Gasteiger partial charge on any atom is 0.407 e. The van der Waals surface area contributed by atoms with Crippen molar-refractivity contribution in [2.24, 2.45) is 5.92 Å². The molecule has 126 valence electrons. The SMILES string of the molecule is COC(=O)N[C@@H](C)C(=O)N1CCC(Cc2ccc(F)cc2)CC1. The van der Waals surface area contributed by atoms with Crippen molar-refractivity contribution in [3.63, 3.8) is 0 Å². The number of piperidine rings is 1. The molecule has 2 amide bonds. The summed E-state index contributed by atoms with van der Waals surface area (Å²) < 4.78 is 17.4. The quantitative estimate of drug-likeness (QED) is 0.926. The van der Waals surface area contributed by atoms with Gasteiger partial charge < -0.3 is 15.0 Å². The highest BCUT2D eigenvalue weighted by molar-refractivity contribution is 5.85. The van der Waals surface area contributed by atoms with E-state index >= 15 is 0 Å². The zero-order valence-electron chi connectivity index (χ0n) is 13.5. The van der Waals surface area contributed by atoms with Gasteiger partial charge in [-0.3, -0.25) is 4.79 Å². The zero-order chi connectivity index (χ0) is 16.8. The van der Waals surface area contributed by atoms with E-state index in [0.717, 1.165) is 24.8 Å². The molecule has 1 heterocycles. The molecule has 23 heavy (non-hydrogen) atoms. The van der Waals surface area contributed by atoms with Crippen LogP contribution < -0.4 is 5.32 Å². The number of likely N-dealkylation sites (tertiary alicyclic amines) is 1. The number of ether oxygens (including phenoxy) is 1. The van der Waals surface area contributed by atoms with Gasteiger partial charge in [0, 0.05) is 13.1 Å². The van der Waals surface area contributed by atoms with Crippen LogP contribution in [0, 0.1) is 11.7 Å². The van der Waals surface area contributed by atoms with Crippen LogP contribution in [0.15, 0.2) is 24.3 Å². The van der Waals surface area contributed by atoms with Gasteiger partial charge in [-0.1, -0.05) is 12.1 Å². The Morgan fingerprint density at radius 1 is 1.30 bits per heavy atom. The Bertz CT molecular complexity index is 539. The summed E-state index contributed by atoms with van der Waals surface area (Å²) in [6.07, 6.45) is 2.12.